The van der Waals surface area contributed by atoms with E-state index in [1.165, 1.54) is 0 Å². The summed E-state index contributed by atoms with van der Waals surface area (Å²) in [5.74, 6) is -3.47. The summed E-state index contributed by atoms with van der Waals surface area (Å²) in [6.45, 7) is 27.8. The lowest BCUT2D eigenvalue weighted by molar-refractivity contribution is -0.130. The molecule has 4 atom stereocenters. The number of ketones is 2. The Hall–Kier alpha value is -5.24. The maximum absolute atomic E-state index is 13.3. The predicted octanol–water partition coefficient (Wildman–Crippen LogP) is 1.02. The van der Waals surface area contributed by atoms with Gasteiger partial charge in [-0.05, 0) is 32.6 Å². The Morgan fingerprint density at radius 3 is 0.969 bits per heavy atom. The highest BCUT2D eigenvalue weighted by atomic mass is 32.1. The summed E-state index contributed by atoms with van der Waals surface area (Å²) in [5.41, 5.74) is -3.37. The van der Waals surface area contributed by atoms with Crippen molar-refractivity contribution < 1.29 is 133 Å². The van der Waals surface area contributed by atoms with Crippen LogP contribution in [-0.4, -0.2) is 381 Å². The molecule has 43 heteroatoms. The lowest BCUT2D eigenvalue weighted by atomic mass is 9.85. The second-order valence-electron chi connectivity index (χ2n) is 35.6. The van der Waals surface area contributed by atoms with E-state index in [0.29, 0.717) is 24.5 Å². The van der Waals surface area contributed by atoms with Gasteiger partial charge in [-0.2, -0.15) is 50.5 Å². The monoisotopic (exact) mass is 1940 g/mol. The van der Waals surface area contributed by atoms with Crippen LogP contribution in [0.3, 0.4) is 0 Å². The Kier molecular flexibility index (Phi) is 69.9. The second-order valence-corrected chi connectivity index (χ2v) is 37.1. The van der Waals surface area contributed by atoms with E-state index in [4.69, 9.17) is 75.8 Å². The van der Waals surface area contributed by atoms with Crippen LogP contribution in [-0.2, 0) is 133 Å². The molecule has 10 amide bonds. The molecule has 0 bridgehead atoms. The van der Waals surface area contributed by atoms with Crippen molar-refractivity contribution in [3.63, 3.8) is 0 Å². The van der Waals surface area contributed by atoms with Crippen molar-refractivity contribution in [3.8, 4) is 0 Å². The molecule has 1 aliphatic heterocycles. The molecule has 0 aromatic carbocycles. The Labute approximate surface area is 793 Å². The number of rotatable bonds is 46. The quantitative estimate of drug-likeness (QED) is 0.0299. The van der Waals surface area contributed by atoms with Crippen molar-refractivity contribution >= 4 is 121 Å². The summed E-state index contributed by atoms with van der Waals surface area (Å²) in [7, 11) is 0. The molecule has 1 rings (SSSR count). The van der Waals surface area contributed by atoms with Gasteiger partial charge in [0.1, 0.15) is 23.7 Å². The lowest BCUT2D eigenvalue weighted by Gasteiger charge is -2.33. The van der Waals surface area contributed by atoms with Crippen LogP contribution in [0, 0.1) is 33.0 Å². The summed E-state index contributed by atoms with van der Waals surface area (Å²) >= 11 is 17.3. The fourth-order valence-corrected chi connectivity index (χ4v) is 12.8. The zero-order valence-corrected chi connectivity index (χ0v) is 83.1. The van der Waals surface area contributed by atoms with Crippen LogP contribution in [0.1, 0.15) is 141 Å². The number of hydrogen-bond donors (Lipinski definition) is 15. The zero-order chi connectivity index (χ0) is 96.8. The normalized spacial score (nSPS) is 19.6. The topological polar surface area (TPSA) is 485 Å². The summed E-state index contributed by atoms with van der Waals surface area (Å²) in [6, 6.07) is -2.55. The number of carbonyl (C=O) groups excluding carboxylic acids is 12. The minimum Gasteiger partial charge on any atom is -0.378 e. The standard InChI is InChI=1S/C87H161N11O28S4/c1-82(2,3)53-66(54-127)78(107)92-25-33-115-41-49-123-62-87(65-126-52-44-118-36-28-95-81(110)69(57-130)98-85(10,11)12)63-124-50-42-116-34-26-93-79(108)67(55-128)96-76(105)19-17-74(103)90-23-31-113-39-47-121-60-86(58-119-45-37-111-29-21-88-72(101)15-13-70(99)83(4,5)6,59-120-46-38-112-30-22-89-73(102)16-14-71(100)84(7,8)9)61-122-48-40-114-32-24-91-75(104)18-20-77(106)97-68(56-129)80(109)94-27-35-117-43-51-125-64-87/h66-69,98,127-130H,13-65H2,1-12H3,(H,88,101)(H,89,102)(H,90,103)(H,91,104)(H,92,107)(H,93,108)(H,94,109)(H,95,110)(H,96,105)(H,97,106). The average molecular weight is 1940 g/mol. The molecule has 1 saturated heterocycles. The summed E-state index contributed by atoms with van der Waals surface area (Å²) < 4.78 is 96.1. The van der Waals surface area contributed by atoms with E-state index in [1.807, 2.05) is 20.8 Å². The molecular formula is C87H161N11O28S4. The van der Waals surface area contributed by atoms with Crippen LogP contribution < -0.4 is 58.5 Å². The minimum absolute atomic E-state index is 0.0145. The molecular weight excluding hydrogens is 1780 g/mol. The van der Waals surface area contributed by atoms with E-state index in [1.54, 1.807) is 41.5 Å². The van der Waals surface area contributed by atoms with Gasteiger partial charge in [0, 0.05) is 149 Å². The third-order valence-corrected chi connectivity index (χ3v) is 20.4. The first-order chi connectivity index (χ1) is 61.8. The summed E-state index contributed by atoms with van der Waals surface area (Å²) in [4.78, 5) is 154. The third-order valence-electron chi connectivity index (χ3n) is 18.9. The molecule has 1 heterocycles. The van der Waals surface area contributed by atoms with Crippen LogP contribution in [0.4, 0.5) is 0 Å². The van der Waals surface area contributed by atoms with Crippen molar-refractivity contribution in [2.24, 2.45) is 33.0 Å². The highest BCUT2D eigenvalue weighted by Gasteiger charge is 2.36. The fraction of sp³-hybridized carbons (Fsp3) is 0.862. The Morgan fingerprint density at radius 2 is 0.669 bits per heavy atom. The highest BCUT2D eigenvalue weighted by Crippen LogP contribution is 2.27. The molecule has 11 N–H and O–H groups in total. The fourth-order valence-electron chi connectivity index (χ4n) is 11.7. The van der Waals surface area contributed by atoms with Crippen LogP contribution >= 0.6 is 50.5 Å². The number of amides is 10. The molecule has 756 valence electrons. The highest BCUT2D eigenvalue weighted by molar-refractivity contribution is 7.80. The smallest absolute Gasteiger partial charge is 0.243 e. The first-order valence-electron chi connectivity index (χ1n) is 45.1. The molecule has 0 spiro atoms. The number of nitrogens with one attached hydrogen (secondary N) is 11. The molecule has 39 nitrogen and oxygen atoms in total. The first-order valence-corrected chi connectivity index (χ1v) is 47.6. The van der Waals surface area contributed by atoms with Crippen molar-refractivity contribution in [1.29, 1.82) is 0 Å². The maximum atomic E-state index is 13.3. The molecule has 1 aliphatic rings. The summed E-state index contributed by atoms with van der Waals surface area (Å²) in [6.07, 6.45) is 0.247. The van der Waals surface area contributed by atoms with Crippen molar-refractivity contribution in [3.05, 3.63) is 0 Å². The van der Waals surface area contributed by atoms with Crippen LogP contribution in [0.5, 0.6) is 0 Å². The van der Waals surface area contributed by atoms with Crippen molar-refractivity contribution in [2.75, 3.05) is 287 Å². The molecule has 0 aromatic heterocycles. The molecule has 0 aliphatic carbocycles. The van der Waals surface area contributed by atoms with Gasteiger partial charge in [0.15, 0.2) is 0 Å². The molecule has 0 saturated carbocycles. The van der Waals surface area contributed by atoms with E-state index < -0.39 is 75.2 Å². The summed E-state index contributed by atoms with van der Waals surface area (Å²) in [5, 5.41) is 30.8. The number of ether oxygens (including phenoxy) is 16. The van der Waals surface area contributed by atoms with Gasteiger partial charge in [-0.25, -0.2) is 0 Å². The van der Waals surface area contributed by atoms with Gasteiger partial charge in [-0.3, -0.25) is 57.5 Å². The van der Waals surface area contributed by atoms with Crippen LogP contribution in [0.2, 0.25) is 0 Å². The molecule has 0 radical (unpaired) electrons. The van der Waals surface area contributed by atoms with Gasteiger partial charge in [0.2, 0.25) is 59.1 Å². The van der Waals surface area contributed by atoms with Crippen LogP contribution in [0.25, 0.3) is 0 Å². The SMILES string of the molecule is CC(C)(C)CC(CS)C(=O)NCCOCCOCC1(COCCOCCNC(=O)C(CS)NC(C)(C)C)COCCOCCNC(=O)C(CS)NC(=O)CCC(=O)NCCOCCOCC(COCCOCCNC(=O)CCC(=O)C(C)(C)C)(COCCOCCNC(=O)CCC(=O)C(C)(C)C)COCCOCCNC(=O)CCC(=O)NC(CS)C(=O)NCCOCCOC1. The lowest BCUT2D eigenvalue weighted by Crippen LogP contribution is -2.53. The van der Waals surface area contributed by atoms with E-state index in [9.17, 15) is 57.5 Å². The second kappa shape index (κ2) is 74.0. The van der Waals surface area contributed by atoms with Gasteiger partial charge in [-0.15, -0.1) is 0 Å². The Morgan fingerprint density at radius 1 is 0.369 bits per heavy atom. The molecule has 1 fully saturated rings. The number of hydrogen-bond acceptors (Lipinski definition) is 33. The van der Waals surface area contributed by atoms with Crippen molar-refractivity contribution in [1.82, 2.24) is 58.5 Å². The molecule has 0 aromatic rings. The van der Waals surface area contributed by atoms with E-state index in [0.717, 1.165) is 0 Å². The van der Waals surface area contributed by atoms with E-state index >= 15 is 0 Å². The molecule has 130 heavy (non-hydrogen) atoms. The van der Waals surface area contributed by atoms with Gasteiger partial charge in [0.05, 0.1) is 228 Å². The minimum atomic E-state index is -1.03. The zero-order valence-electron chi connectivity index (χ0n) is 79.5. The number of thiol groups is 4. The Balaban J connectivity index is 3.32. The number of carbonyl (C=O) groups is 12. The van der Waals surface area contributed by atoms with Crippen molar-refractivity contribution in [2.45, 2.75) is 165 Å². The largest absolute Gasteiger partial charge is 0.378 e. The first kappa shape index (κ1) is 123. The molecule has 4 unspecified atom stereocenters. The maximum Gasteiger partial charge on any atom is 0.243 e. The average Bonchev–Trinajstić information content (AvgIpc) is 0.868. The van der Waals surface area contributed by atoms with Crippen LogP contribution in [0.15, 0.2) is 0 Å². The van der Waals surface area contributed by atoms with Gasteiger partial charge in [0.25, 0.3) is 0 Å². The Bertz CT molecular complexity index is 2940. The van der Waals surface area contributed by atoms with Gasteiger partial charge < -0.3 is 134 Å². The van der Waals surface area contributed by atoms with Gasteiger partial charge >= 0.3 is 0 Å². The van der Waals surface area contributed by atoms with Gasteiger partial charge in [-0.1, -0.05) is 62.3 Å². The number of Topliss-reactive ketones (excluding diaryl/α,β-unsaturated/α-hetero) is 2. The predicted molar refractivity (Wildman–Crippen MR) is 501 cm³/mol. The third kappa shape index (κ3) is 67.0. The van der Waals surface area contributed by atoms with E-state index in [-0.39, 0.29) is 372 Å². The van der Waals surface area contributed by atoms with E-state index in [2.05, 4.69) is 130 Å².